The summed E-state index contributed by atoms with van der Waals surface area (Å²) in [7, 11) is 0. The van der Waals surface area contributed by atoms with Gasteiger partial charge in [0.2, 0.25) is 0 Å². The second-order valence-corrected chi connectivity index (χ2v) is 5.53. The molecule has 0 amide bonds. The largest absolute Gasteiger partial charge is 0.327 e. The van der Waals surface area contributed by atoms with Crippen molar-refractivity contribution >= 4 is 0 Å². The van der Waals surface area contributed by atoms with E-state index in [9.17, 15) is 0 Å². The predicted molar refractivity (Wildman–Crippen MR) is 62.2 cm³/mol. The van der Waals surface area contributed by atoms with Gasteiger partial charge in [0, 0.05) is 25.2 Å². The molecule has 1 heterocycles. The van der Waals surface area contributed by atoms with Crippen LogP contribution in [0.1, 0.15) is 40.5 Å². The Labute approximate surface area is 88.8 Å². The molecule has 0 spiro atoms. The highest BCUT2D eigenvalue weighted by Gasteiger charge is 2.26. The molecule has 2 nitrogen and oxygen atoms in total. The van der Waals surface area contributed by atoms with E-state index in [2.05, 4.69) is 32.6 Å². The third kappa shape index (κ3) is 3.58. The molecule has 1 aliphatic rings. The van der Waals surface area contributed by atoms with Crippen LogP contribution in [-0.4, -0.2) is 30.1 Å². The topological polar surface area (TPSA) is 29.3 Å². The predicted octanol–water partition coefficient (Wildman–Crippen LogP) is 2.09. The molecule has 3 unspecified atom stereocenters. The summed E-state index contributed by atoms with van der Waals surface area (Å²) in [5, 5.41) is 0. The van der Waals surface area contributed by atoms with Crippen LogP contribution in [0.3, 0.4) is 0 Å². The summed E-state index contributed by atoms with van der Waals surface area (Å²) in [6, 6.07) is 1.10. The Morgan fingerprint density at radius 3 is 2.43 bits per heavy atom. The van der Waals surface area contributed by atoms with Gasteiger partial charge in [-0.15, -0.1) is 0 Å². The molecule has 1 rings (SSSR count). The highest BCUT2D eigenvalue weighted by atomic mass is 15.2. The van der Waals surface area contributed by atoms with Crippen molar-refractivity contribution in [2.45, 2.75) is 52.6 Å². The van der Waals surface area contributed by atoms with Crippen molar-refractivity contribution in [3.8, 4) is 0 Å². The van der Waals surface area contributed by atoms with E-state index >= 15 is 0 Å². The minimum absolute atomic E-state index is 0.364. The molecule has 1 aliphatic heterocycles. The first-order chi connectivity index (χ1) is 6.49. The second kappa shape index (κ2) is 5.13. The van der Waals surface area contributed by atoms with Crippen molar-refractivity contribution in [1.82, 2.24) is 4.90 Å². The van der Waals surface area contributed by atoms with Crippen LogP contribution in [0, 0.1) is 11.8 Å². The number of rotatable bonds is 4. The molecule has 2 N–H and O–H groups in total. The quantitative estimate of drug-likeness (QED) is 0.749. The van der Waals surface area contributed by atoms with Gasteiger partial charge in [-0.25, -0.2) is 0 Å². The number of hydrogen-bond donors (Lipinski definition) is 1. The highest BCUT2D eigenvalue weighted by molar-refractivity contribution is 4.82. The zero-order chi connectivity index (χ0) is 10.7. The lowest BCUT2D eigenvalue weighted by atomic mass is 10.0. The molecular weight excluding hydrogens is 172 g/mol. The molecule has 0 aliphatic carbocycles. The summed E-state index contributed by atoms with van der Waals surface area (Å²) in [4.78, 5) is 2.55. The lowest BCUT2D eigenvalue weighted by Crippen LogP contribution is -2.40. The molecule has 0 aromatic heterocycles. The zero-order valence-electron chi connectivity index (χ0n) is 10.2. The van der Waals surface area contributed by atoms with Crippen LogP contribution in [0.5, 0.6) is 0 Å². The smallest absolute Gasteiger partial charge is 0.0170 e. The maximum absolute atomic E-state index is 6.12. The molecule has 0 aromatic rings. The molecule has 1 fully saturated rings. The van der Waals surface area contributed by atoms with Gasteiger partial charge in [0.05, 0.1) is 0 Å². The lowest BCUT2D eigenvalue weighted by molar-refractivity contribution is 0.238. The second-order valence-electron chi connectivity index (χ2n) is 5.53. The zero-order valence-corrected chi connectivity index (χ0v) is 10.2. The summed E-state index contributed by atoms with van der Waals surface area (Å²) in [6.07, 6.45) is 2.49. The van der Waals surface area contributed by atoms with Crippen LogP contribution in [-0.2, 0) is 0 Å². The first-order valence-electron chi connectivity index (χ1n) is 5.98. The molecular formula is C12H26N2. The molecule has 2 heteroatoms. The van der Waals surface area contributed by atoms with E-state index < -0.39 is 0 Å². The standard InChI is InChI=1S/C12H26N2/c1-9(2)5-12(13)8-14-7-10(3)6-11(14)4/h9-12H,5-8,13H2,1-4H3. The molecule has 1 saturated heterocycles. The van der Waals surface area contributed by atoms with Gasteiger partial charge in [-0.2, -0.15) is 0 Å². The van der Waals surface area contributed by atoms with E-state index in [-0.39, 0.29) is 0 Å². The third-order valence-electron chi connectivity index (χ3n) is 3.16. The maximum atomic E-state index is 6.12. The van der Waals surface area contributed by atoms with Crippen LogP contribution in [0.25, 0.3) is 0 Å². The Morgan fingerprint density at radius 2 is 2.00 bits per heavy atom. The fraction of sp³-hybridized carbons (Fsp3) is 1.00. The Kier molecular flexibility index (Phi) is 4.39. The van der Waals surface area contributed by atoms with Crippen molar-refractivity contribution in [2.75, 3.05) is 13.1 Å². The van der Waals surface area contributed by atoms with E-state index in [1.807, 2.05) is 0 Å². The van der Waals surface area contributed by atoms with Crippen LogP contribution in [0.4, 0.5) is 0 Å². The molecule has 14 heavy (non-hydrogen) atoms. The maximum Gasteiger partial charge on any atom is 0.0170 e. The van der Waals surface area contributed by atoms with Gasteiger partial charge in [-0.05, 0) is 31.6 Å². The molecule has 3 atom stereocenters. The normalized spacial score (nSPS) is 31.3. The number of nitrogens with zero attached hydrogens (tertiary/aromatic N) is 1. The molecule has 0 saturated carbocycles. The van der Waals surface area contributed by atoms with Gasteiger partial charge in [-0.1, -0.05) is 20.8 Å². The van der Waals surface area contributed by atoms with Crippen LogP contribution in [0.15, 0.2) is 0 Å². The summed E-state index contributed by atoms with van der Waals surface area (Å²) in [6.45, 7) is 11.5. The minimum Gasteiger partial charge on any atom is -0.327 e. The summed E-state index contributed by atoms with van der Waals surface area (Å²) < 4.78 is 0. The van der Waals surface area contributed by atoms with Crippen molar-refractivity contribution in [3.63, 3.8) is 0 Å². The SMILES string of the molecule is CC(C)CC(N)CN1CC(C)CC1C. The summed E-state index contributed by atoms with van der Waals surface area (Å²) >= 11 is 0. The minimum atomic E-state index is 0.364. The van der Waals surface area contributed by atoms with Gasteiger partial charge < -0.3 is 5.73 Å². The Morgan fingerprint density at radius 1 is 1.36 bits per heavy atom. The Bertz CT molecular complexity index is 168. The number of hydrogen-bond acceptors (Lipinski definition) is 2. The first-order valence-corrected chi connectivity index (χ1v) is 5.98. The Balaban J connectivity index is 2.29. The fourth-order valence-electron chi connectivity index (χ4n) is 2.62. The molecule has 0 aromatic carbocycles. The average molecular weight is 198 g/mol. The van der Waals surface area contributed by atoms with E-state index in [0.717, 1.165) is 30.8 Å². The van der Waals surface area contributed by atoms with Gasteiger partial charge in [-0.3, -0.25) is 4.90 Å². The van der Waals surface area contributed by atoms with E-state index in [1.165, 1.54) is 13.0 Å². The average Bonchev–Trinajstić information content (AvgIpc) is 2.28. The van der Waals surface area contributed by atoms with E-state index in [0.29, 0.717) is 6.04 Å². The monoisotopic (exact) mass is 198 g/mol. The number of nitrogens with two attached hydrogens (primary N) is 1. The molecule has 0 radical (unpaired) electrons. The Hall–Kier alpha value is -0.0800. The highest BCUT2D eigenvalue weighted by Crippen LogP contribution is 2.22. The fourth-order valence-corrected chi connectivity index (χ4v) is 2.62. The first kappa shape index (κ1) is 12.0. The lowest BCUT2D eigenvalue weighted by Gasteiger charge is -2.25. The van der Waals surface area contributed by atoms with Gasteiger partial charge in [0.15, 0.2) is 0 Å². The molecule has 84 valence electrons. The van der Waals surface area contributed by atoms with Crippen molar-refractivity contribution in [2.24, 2.45) is 17.6 Å². The molecule has 0 bridgehead atoms. The van der Waals surface area contributed by atoms with E-state index in [1.54, 1.807) is 0 Å². The third-order valence-corrected chi connectivity index (χ3v) is 3.16. The van der Waals surface area contributed by atoms with Gasteiger partial charge in [0.25, 0.3) is 0 Å². The van der Waals surface area contributed by atoms with Crippen molar-refractivity contribution < 1.29 is 0 Å². The van der Waals surface area contributed by atoms with Gasteiger partial charge in [0.1, 0.15) is 0 Å². The van der Waals surface area contributed by atoms with Crippen molar-refractivity contribution in [3.05, 3.63) is 0 Å². The van der Waals surface area contributed by atoms with Crippen LogP contribution < -0.4 is 5.73 Å². The van der Waals surface area contributed by atoms with E-state index in [4.69, 9.17) is 5.73 Å². The van der Waals surface area contributed by atoms with Crippen LogP contribution in [0.2, 0.25) is 0 Å². The number of likely N-dealkylation sites (tertiary alicyclic amines) is 1. The van der Waals surface area contributed by atoms with Gasteiger partial charge >= 0.3 is 0 Å². The van der Waals surface area contributed by atoms with Crippen molar-refractivity contribution in [1.29, 1.82) is 0 Å². The van der Waals surface area contributed by atoms with Crippen LogP contribution >= 0.6 is 0 Å². The summed E-state index contributed by atoms with van der Waals surface area (Å²) in [5.74, 6) is 1.58. The summed E-state index contributed by atoms with van der Waals surface area (Å²) in [5.41, 5.74) is 6.12.